The van der Waals surface area contributed by atoms with E-state index in [1.54, 1.807) is 32.2 Å². The van der Waals surface area contributed by atoms with E-state index in [1.165, 1.54) is 90.0 Å². The van der Waals surface area contributed by atoms with Crippen LogP contribution in [0.25, 0.3) is 0 Å². The van der Waals surface area contributed by atoms with Gasteiger partial charge >= 0.3 is 0 Å². The first-order valence-electron chi connectivity index (χ1n) is 42.1. The number of hydrogen-bond donors (Lipinski definition) is 0. The fourth-order valence-electron chi connectivity index (χ4n) is 12.1. The quantitative estimate of drug-likeness (QED) is 0.159. The van der Waals surface area contributed by atoms with Crippen LogP contribution in [0.1, 0.15) is 325 Å². The summed E-state index contributed by atoms with van der Waals surface area (Å²) in [6, 6.07) is 69.8. The van der Waals surface area contributed by atoms with E-state index < -0.39 is 0 Å². The van der Waals surface area contributed by atoms with Gasteiger partial charge in [-0.05, 0) is 256 Å². The maximum absolute atomic E-state index is 13.3. The van der Waals surface area contributed by atoms with Gasteiger partial charge in [0.05, 0.1) is 7.11 Å². The zero-order valence-corrected chi connectivity index (χ0v) is 82.3. The van der Waals surface area contributed by atoms with E-state index in [-0.39, 0.29) is 71.6 Å². The van der Waals surface area contributed by atoms with Crippen LogP contribution in [-0.2, 0) is 54.1 Å². The summed E-state index contributed by atoms with van der Waals surface area (Å²) in [5, 5.41) is 0.863. The summed E-state index contributed by atoms with van der Waals surface area (Å²) in [6.45, 7) is 88.1. The molecule has 0 aliphatic heterocycles. The van der Waals surface area contributed by atoms with E-state index in [0.29, 0.717) is 5.56 Å². The molecule has 0 saturated heterocycles. The van der Waals surface area contributed by atoms with Gasteiger partial charge in [-0.1, -0.05) is 416 Å². The molecule has 642 valence electrons. The van der Waals surface area contributed by atoms with Gasteiger partial charge in [-0.2, -0.15) is 0 Å². The first-order chi connectivity index (χ1) is 53.0. The van der Waals surface area contributed by atoms with Crippen LogP contribution in [0, 0.1) is 93.6 Å². The van der Waals surface area contributed by atoms with Crippen molar-refractivity contribution >= 4 is 11.6 Å². The van der Waals surface area contributed by atoms with Gasteiger partial charge in [0.2, 0.25) is 0 Å². The number of methoxy groups -OCH3 is 1. The Balaban J connectivity index is 0.000000650. The Morgan fingerprint density at radius 2 is 0.547 bits per heavy atom. The van der Waals surface area contributed by atoms with Crippen molar-refractivity contribution in [1.82, 2.24) is 0 Å². The number of benzene rings is 10. The molecule has 0 unspecified atom stereocenters. The minimum Gasteiger partial charge on any atom is -0.497 e. The molecule has 0 saturated carbocycles. The zero-order valence-electron chi connectivity index (χ0n) is 81.6. The lowest BCUT2D eigenvalue weighted by Gasteiger charge is -2.21. The second-order valence-corrected chi connectivity index (χ2v) is 42.8. The summed E-state index contributed by atoms with van der Waals surface area (Å²) in [5.74, 6) is 0.589. The summed E-state index contributed by atoms with van der Waals surface area (Å²) < 4.78 is 44.5. The van der Waals surface area contributed by atoms with Crippen LogP contribution < -0.4 is 4.74 Å². The van der Waals surface area contributed by atoms with Gasteiger partial charge in [0.1, 0.15) is 23.2 Å². The Labute approximate surface area is 721 Å². The van der Waals surface area contributed by atoms with Crippen LogP contribution in [0.3, 0.4) is 0 Å². The first-order valence-corrected chi connectivity index (χ1v) is 42.5. The van der Waals surface area contributed by atoms with Crippen LogP contribution in [0.15, 0.2) is 206 Å². The second kappa shape index (κ2) is 45.5. The average Bonchev–Trinajstić information content (AvgIpc) is 0.850. The SMILES string of the molecule is COc1cc(C)cc(C(C)(C)C)c1.Cc1cc(C)cc(C(C)(C)C)c1.Cc1ccc(C(C)(C)C)cc1.Cc1ccc(C(C)(C)C)cc1.Cc1ccc(C(C)(C)C)cc1Cl.Cc1ccc(C(C)(C)C)cc1F.Cc1ccc(F)c(C(C)(C)C)c1.Cc1ccc(F)cc1C(C)(C)C.Cc1cccc(C(C)(C)C)c1.Cc1ccccc1C(C)(C)C. The molecular weight excluding hydrogens is 1450 g/mol. The van der Waals surface area contributed by atoms with Crippen molar-refractivity contribution in [2.75, 3.05) is 7.11 Å². The van der Waals surface area contributed by atoms with E-state index >= 15 is 0 Å². The summed E-state index contributed by atoms with van der Waals surface area (Å²) in [4.78, 5) is 0. The van der Waals surface area contributed by atoms with Gasteiger partial charge < -0.3 is 4.74 Å². The van der Waals surface area contributed by atoms with Crippen LogP contribution >= 0.6 is 11.6 Å². The van der Waals surface area contributed by atoms with Crippen molar-refractivity contribution in [2.24, 2.45) is 0 Å². The molecule has 10 aromatic rings. The Kier molecular flexibility index (Phi) is 41.6. The van der Waals surface area contributed by atoms with Crippen LogP contribution in [0.4, 0.5) is 13.2 Å². The second-order valence-electron chi connectivity index (χ2n) is 42.4. The molecule has 1 nitrogen and oxygen atoms in total. The fraction of sp³-hybridized carbons (Fsp3) is 0.464. The Morgan fingerprint density at radius 3 is 0.889 bits per heavy atom. The monoisotopic (exact) mass is 1610 g/mol. The lowest BCUT2D eigenvalue weighted by Crippen LogP contribution is -2.13. The average molecular weight is 1610 g/mol. The molecule has 0 fully saturated rings. The molecule has 0 N–H and O–H groups in total. The largest absolute Gasteiger partial charge is 0.497 e. The molecule has 0 bridgehead atoms. The molecule has 0 aliphatic rings. The molecule has 0 atom stereocenters. The fourth-order valence-corrected chi connectivity index (χ4v) is 12.3. The van der Waals surface area contributed by atoms with E-state index in [9.17, 15) is 13.2 Å². The maximum atomic E-state index is 13.3. The molecular formula is C112H160ClF3O. The standard InChI is InChI=1S/C12H18O.C12H18.C11H15Cl.3C11H15F.4C11H16/c1-9-6-10(12(2,3)4)8-11(7-9)13-5;1-9-6-10(2)8-11(7-9)12(3,4)5;1-8-5-6-9(7-10(8)12)11(2,3)4;1-8-5-6-9(12)7-10(8)11(2,3)4;1-8-5-6-9(7-10(8)12)11(2,3)4;1-8-5-6-10(12)9(7-8)11(2,3)4;2*1-9-5-7-10(8-6-9)11(2,3)4;1-9-6-5-7-10(8-9)11(2,3)4;1-9-7-5-6-8-10(9)11(2,3)4/h6-8H,1-5H3;6-8H,1-5H3;4*5-7H,1-4H3;4*5-8H,1-4H3. The highest BCUT2D eigenvalue weighted by atomic mass is 35.5. The first kappa shape index (κ1) is 107. The van der Waals surface area contributed by atoms with Gasteiger partial charge in [-0.3, -0.25) is 0 Å². The molecule has 10 rings (SSSR count). The predicted molar refractivity (Wildman–Crippen MR) is 515 cm³/mol. The van der Waals surface area contributed by atoms with Crippen molar-refractivity contribution in [1.29, 1.82) is 0 Å². The summed E-state index contributed by atoms with van der Waals surface area (Å²) >= 11 is 6.02. The number of rotatable bonds is 1. The van der Waals surface area contributed by atoms with Crippen molar-refractivity contribution in [3.05, 3.63) is 346 Å². The van der Waals surface area contributed by atoms with Gasteiger partial charge in [-0.25, -0.2) is 13.2 Å². The van der Waals surface area contributed by atoms with Gasteiger partial charge in [0.15, 0.2) is 0 Å². The van der Waals surface area contributed by atoms with Crippen LogP contribution in [-0.4, -0.2) is 7.11 Å². The molecule has 0 amide bonds. The lowest BCUT2D eigenvalue weighted by atomic mass is 9.84. The molecule has 0 heterocycles. The van der Waals surface area contributed by atoms with Crippen molar-refractivity contribution in [3.63, 3.8) is 0 Å². The predicted octanol–water partition coefficient (Wildman–Crippen LogP) is 34.3. The molecule has 10 aromatic carbocycles. The normalized spacial score (nSPS) is 11.7. The molecule has 0 aromatic heterocycles. The Hall–Kier alpha value is -7.92. The van der Waals surface area contributed by atoms with Crippen molar-refractivity contribution in [2.45, 2.75) is 338 Å². The van der Waals surface area contributed by atoms with E-state index in [2.05, 4.69) is 387 Å². The molecule has 117 heavy (non-hydrogen) atoms. The van der Waals surface area contributed by atoms with Gasteiger partial charge in [0, 0.05) is 5.02 Å². The minimum absolute atomic E-state index is 0.0339. The van der Waals surface area contributed by atoms with E-state index in [1.807, 2.05) is 65.8 Å². The molecule has 0 spiro atoms. The summed E-state index contributed by atoms with van der Waals surface area (Å²) in [5.41, 5.74) is 27.9. The highest BCUT2D eigenvalue weighted by molar-refractivity contribution is 6.31. The number of hydrogen-bond acceptors (Lipinski definition) is 1. The molecule has 0 radical (unpaired) electrons. The van der Waals surface area contributed by atoms with Gasteiger partial charge in [-0.15, -0.1) is 0 Å². The van der Waals surface area contributed by atoms with E-state index in [4.69, 9.17) is 16.3 Å². The number of ether oxygens (including phenoxy) is 1. The zero-order chi connectivity index (χ0) is 90.8. The Morgan fingerprint density at radius 1 is 0.214 bits per heavy atom. The van der Waals surface area contributed by atoms with Crippen LogP contribution in [0.2, 0.25) is 5.02 Å². The third-order valence-corrected chi connectivity index (χ3v) is 20.3. The van der Waals surface area contributed by atoms with Crippen LogP contribution in [0.5, 0.6) is 5.75 Å². The van der Waals surface area contributed by atoms with Crippen molar-refractivity contribution in [3.8, 4) is 5.75 Å². The highest BCUT2D eigenvalue weighted by Crippen LogP contribution is 2.33. The molecule has 0 aliphatic carbocycles. The minimum atomic E-state index is -0.148. The topological polar surface area (TPSA) is 9.23 Å². The summed E-state index contributed by atoms with van der Waals surface area (Å²) in [6.07, 6.45) is 0. The number of halogens is 4. The summed E-state index contributed by atoms with van der Waals surface area (Å²) in [7, 11) is 1.71. The maximum Gasteiger partial charge on any atom is 0.126 e. The van der Waals surface area contributed by atoms with Crippen molar-refractivity contribution < 1.29 is 17.9 Å². The lowest BCUT2D eigenvalue weighted by molar-refractivity contribution is 0.412. The van der Waals surface area contributed by atoms with Gasteiger partial charge in [0.25, 0.3) is 0 Å². The third-order valence-electron chi connectivity index (χ3n) is 19.9. The Bertz CT molecular complexity index is 4410. The number of aryl methyl sites for hydroxylation is 11. The molecule has 5 heteroatoms. The smallest absolute Gasteiger partial charge is 0.126 e. The highest BCUT2D eigenvalue weighted by Gasteiger charge is 2.22. The van der Waals surface area contributed by atoms with E-state index in [0.717, 1.165) is 44.2 Å². The third kappa shape index (κ3) is 41.6.